The van der Waals surface area contributed by atoms with Crippen LogP contribution in [0.5, 0.6) is 5.75 Å². The highest BCUT2D eigenvalue weighted by Gasteiger charge is 2.08. The van der Waals surface area contributed by atoms with E-state index in [1.165, 1.54) is 10.4 Å². The number of rotatable bonds is 7. The lowest BCUT2D eigenvalue weighted by atomic mass is 10.2. The van der Waals surface area contributed by atoms with Crippen molar-refractivity contribution in [1.82, 2.24) is 4.98 Å². The third kappa shape index (κ3) is 3.81. The molecule has 2 aromatic rings. The summed E-state index contributed by atoms with van der Waals surface area (Å²) in [4.78, 5) is 5.82. The Morgan fingerprint density at radius 1 is 1.15 bits per heavy atom. The standard InChI is InChI=1S/C16H22N2OS/c1-3-12-5-7-13(8-6-12)19-10-9-16-18-14(4-2)15(11-17)20-16/h5-8H,3-4,9-11,17H2,1-2H3. The average molecular weight is 290 g/mol. The van der Waals surface area contributed by atoms with Crippen LogP contribution in [0.4, 0.5) is 0 Å². The molecule has 0 amide bonds. The van der Waals surface area contributed by atoms with Gasteiger partial charge in [0.15, 0.2) is 0 Å². The SMILES string of the molecule is CCc1ccc(OCCc2nc(CC)c(CN)s2)cc1. The van der Waals surface area contributed by atoms with Crippen molar-refractivity contribution >= 4 is 11.3 Å². The molecule has 1 aromatic carbocycles. The van der Waals surface area contributed by atoms with Crippen molar-refractivity contribution in [2.45, 2.75) is 39.7 Å². The minimum absolute atomic E-state index is 0.584. The summed E-state index contributed by atoms with van der Waals surface area (Å²) in [5, 5.41) is 1.12. The molecular weight excluding hydrogens is 268 g/mol. The van der Waals surface area contributed by atoms with Gasteiger partial charge >= 0.3 is 0 Å². The van der Waals surface area contributed by atoms with Crippen molar-refractivity contribution in [3.05, 3.63) is 45.4 Å². The largest absolute Gasteiger partial charge is 0.493 e. The molecule has 2 N–H and O–H groups in total. The van der Waals surface area contributed by atoms with Crippen LogP contribution in [0.2, 0.25) is 0 Å². The zero-order valence-corrected chi connectivity index (χ0v) is 13.0. The van der Waals surface area contributed by atoms with E-state index < -0.39 is 0 Å². The van der Waals surface area contributed by atoms with Crippen molar-refractivity contribution < 1.29 is 4.74 Å². The van der Waals surface area contributed by atoms with Crippen LogP contribution in [-0.2, 0) is 25.8 Å². The summed E-state index contributed by atoms with van der Waals surface area (Å²) in [6, 6.07) is 8.29. The van der Waals surface area contributed by atoms with Crippen LogP contribution >= 0.6 is 11.3 Å². The Morgan fingerprint density at radius 3 is 2.45 bits per heavy atom. The average Bonchev–Trinajstić information content (AvgIpc) is 2.90. The van der Waals surface area contributed by atoms with E-state index >= 15 is 0 Å². The van der Waals surface area contributed by atoms with Gasteiger partial charge in [-0.05, 0) is 30.5 Å². The van der Waals surface area contributed by atoms with E-state index in [9.17, 15) is 0 Å². The summed E-state index contributed by atoms with van der Waals surface area (Å²) in [5.41, 5.74) is 8.20. The van der Waals surface area contributed by atoms with Gasteiger partial charge in [0.05, 0.1) is 17.3 Å². The molecule has 0 atom stereocenters. The molecule has 0 aliphatic carbocycles. The first-order valence-corrected chi connectivity index (χ1v) is 7.97. The molecule has 3 nitrogen and oxygen atoms in total. The minimum atomic E-state index is 0.584. The summed E-state index contributed by atoms with van der Waals surface area (Å²) in [5.74, 6) is 0.925. The normalized spacial score (nSPS) is 10.8. The second-order valence-corrected chi connectivity index (χ2v) is 5.80. The third-order valence-electron chi connectivity index (χ3n) is 3.26. The third-order valence-corrected chi connectivity index (χ3v) is 4.44. The Hall–Kier alpha value is -1.39. The summed E-state index contributed by atoms with van der Waals surface area (Å²) in [6.07, 6.45) is 2.84. The molecule has 1 heterocycles. The Kier molecular flexibility index (Phi) is 5.56. The number of ether oxygens (including phenoxy) is 1. The van der Waals surface area contributed by atoms with Gasteiger partial charge in [-0.15, -0.1) is 11.3 Å². The molecule has 0 fully saturated rings. The van der Waals surface area contributed by atoms with Gasteiger partial charge in [-0.1, -0.05) is 26.0 Å². The Bertz CT molecular complexity index is 512. The maximum absolute atomic E-state index is 5.76. The number of nitrogens with zero attached hydrogens (tertiary/aromatic N) is 1. The van der Waals surface area contributed by atoms with Gasteiger partial charge < -0.3 is 10.5 Å². The number of thiazole rings is 1. The van der Waals surface area contributed by atoms with Crippen LogP contribution in [-0.4, -0.2) is 11.6 Å². The first-order valence-electron chi connectivity index (χ1n) is 7.16. The molecule has 2 rings (SSSR count). The van der Waals surface area contributed by atoms with Gasteiger partial charge in [0.1, 0.15) is 5.75 Å². The van der Waals surface area contributed by atoms with Crippen molar-refractivity contribution in [3.8, 4) is 5.75 Å². The van der Waals surface area contributed by atoms with Gasteiger partial charge in [-0.3, -0.25) is 0 Å². The van der Waals surface area contributed by atoms with E-state index in [4.69, 9.17) is 10.5 Å². The Morgan fingerprint density at radius 2 is 1.90 bits per heavy atom. The molecule has 1 aromatic heterocycles. The molecule has 0 saturated heterocycles. The van der Waals surface area contributed by atoms with Gasteiger partial charge in [-0.2, -0.15) is 0 Å². The summed E-state index contributed by atoms with van der Waals surface area (Å²) >= 11 is 1.71. The van der Waals surface area contributed by atoms with E-state index in [1.54, 1.807) is 11.3 Å². The summed E-state index contributed by atoms with van der Waals surface area (Å²) < 4.78 is 5.76. The lowest BCUT2D eigenvalue weighted by Gasteiger charge is -2.05. The molecule has 4 heteroatoms. The molecule has 0 saturated carbocycles. The topological polar surface area (TPSA) is 48.1 Å². The Balaban J connectivity index is 1.87. The number of aromatic nitrogens is 1. The van der Waals surface area contributed by atoms with E-state index in [0.29, 0.717) is 13.2 Å². The lowest BCUT2D eigenvalue weighted by molar-refractivity contribution is 0.321. The zero-order valence-electron chi connectivity index (χ0n) is 12.2. The highest BCUT2D eigenvalue weighted by Crippen LogP contribution is 2.20. The number of hydrogen-bond donors (Lipinski definition) is 1. The smallest absolute Gasteiger partial charge is 0.119 e. The van der Waals surface area contributed by atoms with Crippen LogP contribution in [0.25, 0.3) is 0 Å². The van der Waals surface area contributed by atoms with Crippen molar-refractivity contribution in [2.24, 2.45) is 5.73 Å². The van der Waals surface area contributed by atoms with Gasteiger partial charge in [0.2, 0.25) is 0 Å². The predicted molar refractivity (Wildman–Crippen MR) is 84.4 cm³/mol. The molecule has 0 unspecified atom stereocenters. The van der Waals surface area contributed by atoms with Crippen LogP contribution < -0.4 is 10.5 Å². The number of aryl methyl sites for hydroxylation is 2. The molecular formula is C16H22N2OS. The van der Waals surface area contributed by atoms with Crippen LogP contribution in [0, 0.1) is 0 Å². The highest BCUT2D eigenvalue weighted by molar-refractivity contribution is 7.11. The summed E-state index contributed by atoms with van der Waals surface area (Å²) in [6.45, 7) is 5.51. The zero-order chi connectivity index (χ0) is 14.4. The highest BCUT2D eigenvalue weighted by atomic mass is 32.1. The molecule has 0 bridgehead atoms. The van der Waals surface area contributed by atoms with Crippen LogP contribution in [0.1, 0.15) is 35.0 Å². The molecule has 0 aliphatic rings. The first kappa shape index (κ1) is 15.0. The van der Waals surface area contributed by atoms with E-state index in [2.05, 4.69) is 31.0 Å². The van der Waals surface area contributed by atoms with Crippen LogP contribution in [0.3, 0.4) is 0 Å². The van der Waals surface area contributed by atoms with Gasteiger partial charge in [-0.25, -0.2) is 4.98 Å². The molecule has 0 aliphatic heterocycles. The minimum Gasteiger partial charge on any atom is -0.493 e. The monoisotopic (exact) mass is 290 g/mol. The quantitative estimate of drug-likeness (QED) is 0.850. The molecule has 108 valence electrons. The lowest BCUT2D eigenvalue weighted by Crippen LogP contribution is -2.01. The maximum Gasteiger partial charge on any atom is 0.119 e. The first-order chi connectivity index (χ1) is 9.76. The van der Waals surface area contributed by atoms with E-state index in [1.807, 2.05) is 12.1 Å². The predicted octanol–water partition coefficient (Wildman–Crippen LogP) is 3.35. The Labute approximate surface area is 124 Å². The number of nitrogens with two attached hydrogens (primary N) is 1. The second kappa shape index (κ2) is 7.41. The van der Waals surface area contributed by atoms with E-state index in [0.717, 1.165) is 35.7 Å². The van der Waals surface area contributed by atoms with Crippen LogP contribution in [0.15, 0.2) is 24.3 Å². The van der Waals surface area contributed by atoms with Crippen molar-refractivity contribution in [2.75, 3.05) is 6.61 Å². The fourth-order valence-corrected chi connectivity index (χ4v) is 3.07. The molecule has 20 heavy (non-hydrogen) atoms. The molecule has 0 spiro atoms. The number of benzene rings is 1. The number of hydrogen-bond acceptors (Lipinski definition) is 4. The van der Waals surface area contributed by atoms with Gasteiger partial charge in [0, 0.05) is 17.8 Å². The van der Waals surface area contributed by atoms with Crippen molar-refractivity contribution in [3.63, 3.8) is 0 Å². The fourth-order valence-electron chi connectivity index (χ4n) is 2.06. The second-order valence-electron chi connectivity index (χ2n) is 4.63. The fraction of sp³-hybridized carbons (Fsp3) is 0.438. The maximum atomic E-state index is 5.76. The van der Waals surface area contributed by atoms with Crippen molar-refractivity contribution in [1.29, 1.82) is 0 Å². The van der Waals surface area contributed by atoms with E-state index in [-0.39, 0.29) is 0 Å². The van der Waals surface area contributed by atoms with Gasteiger partial charge in [0.25, 0.3) is 0 Å². The molecule has 0 radical (unpaired) electrons. The summed E-state index contributed by atoms with van der Waals surface area (Å²) in [7, 11) is 0.